The minimum Gasteiger partial charge on any atom is -0.341 e. The van der Waals surface area contributed by atoms with Gasteiger partial charge in [-0.1, -0.05) is 121 Å². The molecule has 1 amide bonds. The summed E-state index contributed by atoms with van der Waals surface area (Å²) >= 11 is 6.38. The lowest BCUT2D eigenvalue weighted by Gasteiger charge is -2.21. The van der Waals surface area contributed by atoms with E-state index < -0.39 is 0 Å². The highest BCUT2D eigenvalue weighted by Crippen LogP contribution is 2.26. The predicted octanol–water partition coefficient (Wildman–Crippen LogP) is 6.79. The number of benzene rings is 4. The smallest absolute Gasteiger partial charge is 0.252 e. The van der Waals surface area contributed by atoms with Crippen molar-refractivity contribution in [1.29, 1.82) is 0 Å². The molecule has 0 saturated heterocycles. The first-order valence-corrected chi connectivity index (χ1v) is 10.5. The van der Waals surface area contributed by atoms with E-state index in [2.05, 4.69) is 5.32 Å². The third kappa shape index (κ3) is 5.11. The molecule has 3 heteroatoms. The summed E-state index contributed by atoms with van der Waals surface area (Å²) in [6.45, 7) is 0. The summed E-state index contributed by atoms with van der Waals surface area (Å²) in [5, 5.41) is 3.84. The van der Waals surface area contributed by atoms with Gasteiger partial charge in [0.15, 0.2) is 0 Å². The maximum absolute atomic E-state index is 13.6. The molecule has 0 unspecified atom stereocenters. The number of carbonyl (C=O) groups excluding carboxylic acids is 1. The zero-order chi connectivity index (χ0) is 21.5. The highest BCUT2D eigenvalue weighted by Gasteiger charge is 2.20. The molecular weight excluding hydrogens is 402 g/mol. The van der Waals surface area contributed by atoms with E-state index in [9.17, 15) is 4.79 Å². The van der Waals surface area contributed by atoms with Gasteiger partial charge in [0.25, 0.3) is 5.91 Å². The van der Waals surface area contributed by atoms with Crippen LogP contribution in [0.1, 0.15) is 28.3 Å². The normalized spacial score (nSPS) is 11.4. The third-order valence-electron chi connectivity index (χ3n) is 5.08. The predicted molar refractivity (Wildman–Crippen MR) is 129 cm³/mol. The zero-order valence-corrected chi connectivity index (χ0v) is 17.7. The van der Waals surface area contributed by atoms with Gasteiger partial charge in [-0.05, 0) is 34.4 Å². The maximum atomic E-state index is 13.6. The van der Waals surface area contributed by atoms with Gasteiger partial charge in [-0.2, -0.15) is 0 Å². The Balaban J connectivity index is 1.75. The summed E-state index contributed by atoms with van der Waals surface area (Å²) in [6, 6.07) is 36.9. The fourth-order valence-electron chi connectivity index (χ4n) is 3.50. The highest BCUT2D eigenvalue weighted by atomic mass is 35.5. The molecule has 4 aromatic rings. The lowest BCUT2D eigenvalue weighted by atomic mass is 9.96. The monoisotopic (exact) mass is 423 g/mol. The van der Waals surface area contributed by atoms with Crippen LogP contribution in [0.2, 0.25) is 5.02 Å². The number of hydrogen-bond acceptors (Lipinski definition) is 1. The fourth-order valence-corrected chi connectivity index (χ4v) is 3.69. The molecule has 0 atom stereocenters. The molecule has 0 aromatic heterocycles. The first-order chi connectivity index (χ1) is 15.2. The quantitative estimate of drug-likeness (QED) is 0.268. The van der Waals surface area contributed by atoms with E-state index in [1.54, 1.807) is 0 Å². The largest absolute Gasteiger partial charge is 0.341 e. The van der Waals surface area contributed by atoms with Crippen molar-refractivity contribution in [3.63, 3.8) is 0 Å². The van der Waals surface area contributed by atoms with Crippen molar-refractivity contribution in [2.45, 2.75) is 6.04 Å². The minimum absolute atomic E-state index is 0.163. The standard InChI is InChI=1S/C28H22ClNO/c29-26-19-11-10-18-24(26)20-25(21-12-4-1-5-13-21)28(31)30-27(22-14-6-2-7-15-22)23-16-8-3-9-17-23/h1-20,27H,(H,30,31)/b25-20+. The number of halogens is 1. The number of hydrogen-bond donors (Lipinski definition) is 1. The topological polar surface area (TPSA) is 29.1 Å². The molecule has 4 rings (SSSR count). The Labute approximate surface area is 187 Å². The van der Waals surface area contributed by atoms with Gasteiger partial charge in [0.05, 0.1) is 6.04 Å². The van der Waals surface area contributed by atoms with E-state index in [1.807, 2.05) is 121 Å². The molecule has 0 aliphatic heterocycles. The van der Waals surface area contributed by atoms with Crippen LogP contribution in [0.25, 0.3) is 11.6 Å². The highest BCUT2D eigenvalue weighted by molar-refractivity contribution is 6.33. The Bertz CT molecular complexity index is 1130. The number of nitrogens with one attached hydrogen (secondary N) is 1. The first kappa shape index (κ1) is 20.6. The van der Waals surface area contributed by atoms with E-state index in [1.165, 1.54) is 0 Å². The number of carbonyl (C=O) groups is 1. The van der Waals surface area contributed by atoms with Gasteiger partial charge >= 0.3 is 0 Å². The van der Waals surface area contributed by atoms with Crippen molar-refractivity contribution in [2.24, 2.45) is 0 Å². The Morgan fingerprint density at radius 3 is 1.71 bits per heavy atom. The Kier molecular flexibility index (Phi) is 6.61. The summed E-state index contributed by atoms with van der Waals surface area (Å²) < 4.78 is 0. The molecular formula is C28H22ClNO. The molecule has 0 radical (unpaired) electrons. The van der Waals surface area contributed by atoms with Crippen molar-refractivity contribution in [1.82, 2.24) is 5.32 Å². The third-order valence-corrected chi connectivity index (χ3v) is 5.42. The second-order valence-corrected chi connectivity index (χ2v) is 7.58. The van der Waals surface area contributed by atoms with Gasteiger partial charge in [0.2, 0.25) is 0 Å². The van der Waals surface area contributed by atoms with E-state index in [0.29, 0.717) is 10.6 Å². The molecule has 0 spiro atoms. The van der Waals surface area contributed by atoms with Crippen LogP contribution in [0, 0.1) is 0 Å². The molecule has 152 valence electrons. The fraction of sp³-hybridized carbons (Fsp3) is 0.0357. The van der Waals surface area contributed by atoms with Crippen molar-refractivity contribution in [2.75, 3.05) is 0 Å². The number of amides is 1. The van der Waals surface area contributed by atoms with E-state index in [4.69, 9.17) is 11.6 Å². The molecule has 0 aliphatic rings. The molecule has 4 aromatic carbocycles. The van der Waals surface area contributed by atoms with Crippen LogP contribution in [0.4, 0.5) is 0 Å². The molecule has 0 heterocycles. The van der Waals surface area contributed by atoms with Crippen molar-refractivity contribution >= 4 is 29.2 Å². The Morgan fingerprint density at radius 2 is 1.16 bits per heavy atom. The molecule has 1 N–H and O–H groups in total. The number of rotatable bonds is 6. The van der Waals surface area contributed by atoms with Crippen molar-refractivity contribution in [3.05, 3.63) is 143 Å². The van der Waals surface area contributed by atoms with Crippen LogP contribution in [0.5, 0.6) is 0 Å². The molecule has 0 fully saturated rings. The SMILES string of the molecule is O=C(NC(c1ccccc1)c1ccccc1)/C(=C/c1ccccc1Cl)c1ccccc1. The van der Waals surface area contributed by atoms with Gasteiger partial charge in [-0.25, -0.2) is 0 Å². The van der Waals surface area contributed by atoms with Crippen LogP contribution in [-0.2, 0) is 4.79 Å². The van der Waals surface area contributed by atoms with Crippen LogP contribution in [-0.4, -0.2) is 5.91 Å². The summed E-state index contributed by atoms with van der Waals surface area (Å²) in [7, 11) is 0. The average molecular weight is 424 g/mol. The summed E-state index contributed by atoms with van der Waals surface area (Å²) in [5.74, 6) is -0.163. The first-order valence-electron chi connectivity index (χ1n) is 10.1. The van der Waals surface area contributed by atoms with Crippen LogP contribution >= 0.6 is 11.6 Å². The van der Waals surface area contributed by atoms with Gasteiger partial charge in [0, 0.05) is 10.6 Å². The van der Waals surface area contributed by atoms with Gasteiger partial charge < -0.3 is 5.32 Å². The Morgan fingerprint density at radius 1 is 0.677 bits per heavy atom. The minimum atomic E-state index is -0.270. The van der Waals surface area contributed by atoms with E-state index in [-0.39, 0.29) is 11.9 Å². The van der Waals surface area contributed by atoms with Crippen LogP contribution in [0.15, 0.2) is 115 Å². The van der Waals surface area contributed by atoms with Gasteiger partial charge in [-0.3, -0.25) is 4.79 Å². The lowest BCUT2D eigenvalue weighted by Crippen LogP contribution is -2.30. The second kappa shape index (κ2) is 9.92. The molecule has 0 aliphatic carbocycles. The second-order valence-electron chi connectivity index (χ2n) is 7.17. The molecule has 0 saturated carbocycles. The average Bonchev–Trinajstić information content (AvgIpc) is 2.83. The molecule has 31 heavy (non-hydrogen) atoms. The lowest BCUT2D eigenvalue weighted by molar-refractivity contribution is -0.116. The summed E-state index contributed by atoms with van der Waals surface area (Å²) in [5.41, 5.74) is 4.24. The van der Waals surface area contributed by atoms with E-state index in [0.717, 1.165) is 22.3 Å². The van der Waals surface area contributed by atoms with Gasteiger partial charge in [-0.15, -0.1) is 0 Å². The van der Waals surface area contributed by atoms with Crippen molar-refractivity contribution in [3.8, 4) is 0 Å². The Hall–Kier alpha value is -3.62. The molecule has 0 bridgehead atoms. The zero-order valence-electron chi connectivity index (χ0n) is 16.9. The summed E-state index contributed by atoms with van der Waals surface area (Å²) in [4.78, 5) is 13.6. The van der Waals surface area contributed by atoms with Gasteiger partial charge in [0.1, 0.15) is 0 Å². The van der Waals surface area contributed by atoms with E-state index >= 15 is 0 Å². The summed E-state index contributed by atoms with van der Waals surface area (Å²) in [6.07, 6.45) is 1.85. The van der Waals surface area contributed by atoms with Crippen LogP contribution in [0.3, 0.4) is 0 Å². The van der Waals surface area contributed by atoms with Crippen molar-refractivity contribution < 1.29 is 4.79 Å². The maximum Gasteiger partial charge on any atom is 0.252 e. The molecule has 2 nitrogen and oxygen atoms in total. The van der Waals surface area contributed by atoms with Crippen LogP contribution < -0.4 is 5.32 Å².